The predicted octanol–water partition coefficient (Wildman–Crippen LogP) is 3.25. The first-order valence-corrected chi connectivity index (χ1v) is 5.91. The van der Waals surface area contributed by atoms with Gasteiger partial charge in [0.15, 0.2) is 5.82 Å². The van der Waals surface area contributed by atoms with E-state index >= 15 is 0 Å². The Morgan fingerprint density at radius 1 is 1.38 bits per heavy atom. The molecule has 3 nitrogen and oxygen atoms in total. The second-order valence-electron chi connectivity index (χ2n) is 3.92. The molecule has 82 valence electrons. The molecule has 1 N–H and O–H groups in total. The molecular weight excluding hydrogens is 273 g/mol. The van der Waals surface area contributed by atoms with Gasteiger partial charge < -0.3 is 0 Å². The Bertz CT molecular complexity index is 514. The van der Waals surface area contributed by atoms with E-state index in [-0.39, 0.29) is 5.82 Å². The van der Waals surface area contributed by atoms with E-state index in [0.717, 1.165) is 18.7 Å². The highest BCUT2D eigenvalue weighted by Crippen LogP contribution is 2.39. The minimum atomic E-state index is -0.310. The third kappa shape index (κ3) is 1.65. The average Bonchev–Trinajstić information content (AvgIpc) is 2.99. The fourth-order valence-electron chi connectivity index (χ4n) is 1.64. The van der Waals surface area contributed by atoms with Crippen LogP contribution in [0.5, 0.6) is 0 Å². The highest BCUT2D eigenvalue weighted by molar-refractivity contribution is 9.10. The van der Waals surface area contributed by atoms with Crippen LogP contribution in [0.4, 0.5) is 4.39 Å². The number of halogens is 2. The summed E-state index contributed by atoms with van der Waals surface area (Å²) in [6.07, 6.45) is 2.29. The molecule has 16 heavy (non-hydrogen) atoms. The standard InChI is InChI=1S/C11H9BrFN3/c12-7-2-1-3-8(13)9(7)11-14-10(15-16-11)6-4-5-6/h1-3,6H,4-5H2,(H,14,15,16). The van der Waals surface area contributed by atoms with Gasteiger partial charge in [0, 0.05) is 10.4 Å². The van der Waals surface area contributed by atoms with E-state index in [0.29, 0.717) is 21.8 Å². The van der Waals surface area contributed by atoms with Gasteiger partial charge in [0.1, 0.15) is 11.6 Å². The lowest BCUT2D eigenvalue weighted by Crippen LogP contribution is -1.88. The maximum absolute atomic E-state index is 13.6. The summed E-state index contributed by atoms with van der Waals surface area (Å²) in [6, 6.07) is 4.84. The van der Waals surface area contributed by atoms with E-state index in [2.05, 4.69) is 31.1 Å². The fraction of sp³-hybridized carbons (Fsp3) is 0.273. The van der Waals surface area contributed by atoms with Crippen LogP contribution in [0.1, 0.15) is 24.6 Å². The molecule has 1 aromatic heterocycles. The summed E-state index contributed by atoms with van der Waals surface area (Å²) in [5.41, 5.74) is 0.422. The second kappa shape index (κ2) is 3.66. The first-order valence-electron chi connectivity index (χ1n) is 5.12. The van der Waals surface area contributed by atoms with Crippen molar-refractivity contribution in [3.63, 3.8) is 0 Å². The minimum Gasteiger partial charge on any atom is -0.262 e. The third-order valence-corrected chi connectivity index (χ3v) is 3.31. The highest BCUT2D eigenvalue weighted by atomic mass is 79.9. The Balaban J connectivity index is 2.06. The average molecular weight is 282 g/mol. The van der Waals surface area contributed by atoms with Crippen LogP contribution in [0.25, 0.3) is 11.4 Å². The van der Waals surface area contributed by atoms with Gasteiger partial charge in [-0.15, -0.1) is 0 Å². The molecule has 0 unspecified atom stereocenters. The monoisotopic (exact) mass is 281 g/mol. The van der Waals surface area contributed by atoms with Gasteiger partial charge in [-0.1, -0.05) is 6.07 Å². The van der Waals surface area contributed by atoms with Crippen molar-refractivity contribution in [2.75, 3.05) is 0 Å². The number of aromatic nitrogens is 3. The Kier molecular flexibility index (Phi) is 2.28. The van der Waals surface area contributed by atoms with Crippen LogP contribution in [0, 0.1) is 5.82 Å². The zero-order valence-corrected chi connectivity index (χ0v) is 9.96. The molecule has 0 saturated heterocycles. The molecule has 1 saturated carbocycles. The number of aromatic amines is 1. The number of benzene rings is 1. The highest BCUT2D eigenvalue weighted by Gasteiger charge is 2.27. The number of H-pyrrole nitrogens is 1. The topological polar surface area (TPSA) is 41.6 Å². The molecular formula is C11H9BrFN3. The van der Waals surface area contributed by atoms with Gasteiger partial charge in [-0.2, -0.15) is 5.10 Å². The number of hydrogen-bond donors (Lipinski definition) is 1. The summed E-state index contributed by atoms with van der Waals surface area (Å²) in [5.74, 6) is 1.47. The lowest BCUT2D eigenvalue weighted by Gasteiger charge is -2.00. The van der Waals surface area contributed by atoms with Crippen molar-refractivity contribution in [3.8, 4) is 11.4 Å². The van der Waals surface area contributed by atoms with Crippen LogP contribution >= 0.6 is 15.9 Å². The van der Waals surface area contributed by atoms with E-state index in [1.54, 1.807) is 12.1 Å². The van der Waals surface area contributed by atoms with Crippen molar-refractivity contribution in [3.05, 3.63) is 34.3 Å². The summed E-state index contributed by atoms with van der Waals surface area (Å²) in [5, 5.41) is 6.94. The second-order valence-corrected chi connectivity index (χ2v) is 4.77. The van der Waals surface area contributed by atoms with E-state index in [1.807, 2.05) is 0 Å². The molecule has 0 bridgehead atoms. The number of nitrogens with zero attached hydrogens (tertiary/aromatic N) is 2. The quantitative estimate of drug-likeness (QED) is 0.918. The number of hydrogen-bond acceptors (Lipinski definition) is 2. The third-order valence-electron chi connectivity index (χ3n) is 2.65. The van der Waals surface area contributed by atoms with Crippen molar-refractivity contribution in [2.45, 2.75) is 18.8 Å². The van der Waals surface area contributed by atoms with Crippen molar-refractivity contribution >= 4 is 15.9 Å². The first kappa shape index (κ1) is 9.96. The van der Waals surface area contributed by atoms with Crippen LogP contribution in [-0.4, -0.2) is 15.2 Å². The molecule has 3 rings (SSSR count). The Labute approximate surface area is 100 Å². The summed E-state index contributed by atoms with van der Waals surface area (Å²) in [6.45, 7) is 0. The van der Waals surface area contributed by atoms with Crippen LogP contribution in [0.2, 0.25) is 0 Å². The zero-order chi connectivity index (χ0) is 11.1. The van der Waals surface area contributed by atoms with Crippen molar-refractivity contribution in [2.24, 2.45) is 0 Å². The molecule has 1 aliphatic carbocycles. The van der Waals surface area contributed by atoms with Crippen LogP contribution in [0.15, 0.2) is 22.7 Å². The first-order chi connectivity index (χ1) is 7.75. The van der Waals surface area contributed by atoms with E-state index < -0.39 is 0 Å². The maximum atomic E-state index is 13.6. The molecule has 1 aliphatic rings. The molecule has 1 fully saturated rings. The molecule has 5 heteroatoms. The molecule has 2 aromatic rings. The van der Waals surface area contributed by atoms with Crippen LogP contribution in [0.3, 0.4) is 0 Å². The molecule has 0 spiro atoms. The van der Waals surface area contributed by atoms with Crippen molar-refractivity contribution in [1.82, 2.24) is 15.2 Å². The summed E-state index contributed by atoms with van der Waals surface area (Å²) < 4.78 is 14.3. The van der Waals surface area contributed by atoms with Gasteiger partial charge in [0.25, 0.3) is 0 Å². The summed E-state index contributed by atoms with van der Waals surface area (Å²) >= 11 is 3.31. The smallest absolute Gasteiger partial charge is 0.185 e. The lowest BCUT2D eigenvalue weighted by molar-refractivity contribution is 0.629. The Morgan fingerprint density at radius 3 is 2.88 bits per heavy atom. The van der Waals surface area contributed by atoms with E-state index in [1.165, 1.54) is 6.07 Å². The van der Waals surface area contributed by atoms with Gasteiger partial charge >= 0.3 is 0 Å². The summed E-state index contributed by atoms with van der Waals surface area (Å²) in [7, 11) is 0. The SMILES string of the molecule is Fc1cccc(Br)c1-c1n[nH]c(C2CC2)n1. The number of nitrogens with one attached hydrogen (secondary N) is 1. The van der Waals surface area contributed by atoms with E-state index in [9.17, 15) is 4.39 Å². The normalized spacial score (nSPS) is 15.4. The van der Waals surface area contributed by atoms with Gasteiger partial charge in [0.2, 0.25) is 0 Å². The summed E-state index contributed by atoms with van der Waals surface area (Å²) in [4.78, 5) is 4.33. The van der Waals surface area contributed by atoms with Gasteiger partial charge in [-0.3, -0.25) is 5.10 Å². The number of rotatable bonds is 2. The Hall–Kier alpha value is -1.23. The van der Waals surface area contributed by atoms with E-state index in [4.69, 9.17) is 0 Å². The molecule has 1 heterocycles. The Morgan fingerprint density at radius 2 is 2.19 bits per heavy atom. The van der Waals surface area contributed by atoms with Gasteiger partial charge in [-0.25, -0.2) is 9.37 Å². The predicted molar refractivity (Wildman–Crippen MR) is 61.5 cm³/mol. The van der Waals surface area contributed by atoms with Gasteiger partial charge in [-0.05, 0) is 40.9 Å². The molecule has 0 radical (unpaired) electrons. The van der Waals surface area contributed by atoms with Crippen LogP contribution in [-0.2, 0) is 0 Å². The lowest BCUT2D eigenvalue weighted by atomic mass is 10.2. The largest absolute Gasteiger partial charge is 0.262 e. The van der Waals surface area contributed by atoms with Crippen LogP contribution < -0.4 is 0 Å². The molecule has 0 amide bonds. The molecule has 0 atom stereocenters. The molecule has 0 aliphatic heterocycles. The maximum Gasteiger partial charge on any atom is 0.185 e. The zero-order valence-electron chi connectivity index (χ0n) is 8.37. The fourth-order valence-corrected chi connectivity index (χ4v) is 2.16. The molecule has 1 aromatic carbocycles. The van der Waals surface area contributed by atoms with Gasteiger partial charge in [0.05, 0.1) is 5.56 Å². The van der Waals surface area contributed by atoms with Crippen molar-refractivity contribution < 1.29 is 4.39 Å². The van der Waals surface area contributed by atoms with Crippen molar-refractivity contribution in [1.29, 1.82) is 0 Å². The minimum absolute atomic E-state index is 0.310.